The van der Waals surface area contributed by atoms with E-state index < -0.39 is 0 Å². The Kier molecular flexibility index (Phi) is 5.62. The average Bonchev–Trinajstić information content (AvgIpc) is 2.63. The molecule has 0 aliphatic carbocycles. The van der Waals surface area contributed by atoms with Crippen molar-refractivity contribution in [1.29, 1.82) is 0 Å². The molecule has 1 fully saturated rings. The normalized spacial score (nSPS) is 16.5. The van der Waals surface area contributed by atoms with Gasteiger partial charge in [0.1, 0.15) is 0 Å². The van der Waals surface area contributed by atoms with E-state index in [4.69, 9.17) is 4.74 Å². The van der Waals surface area contributed by atoms with Crippen molar-refractivity contribution in [3.8, 4) is 0 Å². The molecular weight excluding hydrogens is 300 g/mol. The molecular formula is C20H24N2O2. The van der Waals surface area contributed by atoms with Crippen molar-refractivity contribution < 1.29 is 9.53 Å². The zero-order valence-electron chi connectivity index (χ0n) is 14.1. The number of rotatable bonds is 5. The van der Waals surface area contributed by atoms with Gasteiger partial charge in [-0.25, -0.2) is 0 Å². The van der Waals surface area contributed by atoms with E-state index in [0.717, 1.165) is 44.0 Å². The molecule has 1 N–H and O–H groups in total. The second kappa shape index (κ2) is 8.08. The first kappa shape index (κ1) is 16.7. The Balaban J connectivity index is 1.75. The van der Waals surface area contributed by atoms with Crippen LogP contribution in [0.3, 0.4) is 0 Å². The number of ether oxygens (including phenoxy) is 1. The van der Waals surface area contributed by atoms with Crippen molar-refractivity contribution in [2.24, 2.45) is 0 Å². The molecule has 0 aromatic heterocycles. The summed E-state index contributed by atoms with van der Waals surface area (Å²) in [5.41, 5.74) is 2.93. The molecule has 126 valence electrons. The monoisotopic (exact) mass is 324 g/mol. The van der Waals surface area contributed by atoms with Gasteiger partial charge in [0.05, 0.1) is 19.3 Å². The van der Waals surface area contributed by atoms with Gasteiger partial charge in [-0.15, -0.1) is 0 Å². The molecule has 4 heteroatoms. The minimum Gasteiger partial charge on any atom is -0.379 e. The highest BCUT2D eigenvalue weighted by atomic mass is 16.5. The van der Waals surface area contributed by atoms with E-state index in [9.17, 15) is 4.79 Å². The Morgan fingerprint density at radius 1 is 1.12 bits per heavy atom. The average molecular weight is 324 g/mol. The Hall–Kier alpha value is -2.17. The molecule has 1 atom stereocenters. The zero-order valence-corrected chi connectivity index (χ0v) is 14.1. The van der Waals surface area contributed by atoms with Gasteiger partial charge in [-0.3, -0.25) is 9.69 Å². The van der Waals surface area contributed by atoms with Crippen LogP contribution in [-0.2, 0) is 4.74 Å². The first-order valence-electron chi connectivity index (χ1n) is 8.45. The fourth-order valence-corrected chi connectivity index (χ4v) is 2.99. The van der Waals surface area contributed by atoms with Crippen LogP contribution in [0.1, 0.15) is 27.5 Å². The third kappa shape index (κ3) is 4.43. The lowest BCUT2D eigenvalue weighted by atomic mass is 10.0. The van der Waals surface area contributed by atoms with Crippen molar-refractivity contribution in [3.63, 3.8) is 0 Å². The summed E-state index contributed by atoms with van der Waals surface area (Å²) in [6, 6.07) is 17.8. The van der Waals surface area contributed by atoms with Gasteiger partial charge in [0, 0.05) is 25.2 Å². The van der Waals surface area contributed by atoms with Gasteiger partial charge >= 0.3 is 0 Å². The summed E-state index contributed by atoms with van der Waals surface area (Å²) in [6.45, 7) is 6.12. The maximum atomic E-state index is 12.7. The van der Waals surface area contributed by atoms with Crippen molar-refractivity contribution in [2.45, 2.75) is 13.0 Å². The topological polar surface area (TPSA) is 41.6 Å². The number of nitrogens with zero attached hydrogens (tertiary/aromatic N) is 1. The Labute approximate surface area is 143 Å². The molecule has 1 saturated heterocycles. The Morgan fingerprint density at radius 2 is 1.88 bits per heavy atom. The van der Waals surface area contributed by atoms with Crippen LogP contribution in [0, 0.1) is 6.92 Å². The summed E-state index contributed by atoms with van der Waals surface area (Å²) < 4.78 is 5.42. The fraction of sp³-hybridized carbons (Fsp3) is 0.350. The molecule has 0 saturated carbocycles. The smallest absolute Gasteiger partial charge is 0.251 e. The lowest BCUT2D eigenvalue weighted by Gasteiger charge is -2.31. The van der Waals surface area contributed by atoms with Crippen LogP contribution in [0.25, 0.3) is 0 Å². The van der Waals surface area contributed by atoms with Crippen molar-refractivity contribution in [2.75, 3.05) is 32.8 Å². The quantitative estimate of drug-likeness (QED) is 0.919. The van der Waals surface area contributed by atoms with E-state index in [1.54, 1.807) is 0 Å². The fourth-order valence-electron chi connectivity index (χ4n) is 2.99. The molecule has 1 aliphatic rings. The van der Waals surface area contributed by atoms with Gasteiger partial charge in [-0.05, 0) is 24.6 Å². The number of aryl methyl sites for hydroxylation is 1. The number of morpholine rings is 1. The van der Waals surface area contributed by atoms with Crippen LogP contribution in [0.15, 0.2) is 54.6 Å². The summed E-state index contributed by atoms with van der Waals surface area (Å²) in [5, 5.41) is 3.20. The van der Waals surface area contributed by atoms with E-state index >= 15 is 0 Å². The van der Waals surface area contributed by atoms with E-state index in [-0.39, 0.29) is 11.9 Å². The minimum absolute atomic E-state index is 0.0270. The molecule has 24 heavy (non-hydrogen) atoms. The zero-order chi connectivity index (χ0) is 16.8. The third-order valence-electron chi connectivity index (χ3n) is 4.33. The van der Waals surface area contributed by atoms with Gasteiger partial charge < -0.3 is 10.1 Å². The molecule has 4 nitrogen and oxygen atoms in total. The molecule has 0 spiro atoms. The summed E-state index contributed by atoms with van der Waals surface area (Å²) in [7, 11) is 0. The summed E-state index contributed by atoms with van der Waals surface area (Å²) >= 11 is 0. The number of hydrogen-bond acceptors (Lipinski definition) is 3. The molecule has 2 aromatic carbocycles. The molecule has 2 aromatic rings. The Bertz CT molecular complexity index is 666. The maximum absolute atomic E-state index is 12.7. The predicted molar refractivity (Wildman–Crippen MR) is 95.1 cm³/mol. The maximum Gasteiger partial charge on any atom is 0.251 e. The van der Waals surface area contributed by atoms with E-state index in [1.807, 2.05) is 49.4 Å². The van der Waals surface area contributed by atoms with E-state index in [2.05, 4.69) is 22.3 Å². The molecule has 1 aliphatic heterocycles. The minimum atomic E-state index is -0.0303. The van der Waals surface area contributed by atoms with Crippen molar-refractivity contribution in [1.82, 2.24) is 10.2 Å². The summed E-state index contributed by atoms with van der Waals surface area (Å²) in [4.78, 5) is 15.0. The standard InChI is InChI=1S/C20H24N2O2/c1-16-6-5-9-18(14-16)20(23)21-19(17-7-3-2-4-8-17)15-22-10-12-24-13-11-22/h2-9,14,19H,10-13,15H2,1H3,(H,21,23). The largest absolute Gasteiger partial charge is 0.379 e. The van der Waals surface area contributed by atoms with E-state index in [0.29, 0.717) is 5.56 Å². The first-order chi connectivity index (χ1) is 11.7. The first-order valence-corrected chi connectivity index (χ1v) is 8.45. The molecule has 1 unspecified atom stereocenters. The van der Waals surface area contributed by atoms with E-state index in [1.165, 1.54) is 0 Å². The number of carbonyl (C=O) groups excluding carboxylic acids is 1. The summed E-state index contributed by atoms with van der Waals surface area (Å²) in [6.07, 6.45) is 0. The number of benzene rings is 2. The highest BCUT2D eigenvalue weighted by Gasteiger charge is 2.20. The third-order valence-corrected chi connectivity index (χ3v) is 4.33. The number of hydrogen-bond donors (Lipinski definition) is 1. The molecule has 1 heterocycles. The van der Waals surface area contributed by atoms with Crippen LogP contribution >= 0.6 is 0 Å². The SMILES string of the molecule is Cc1cccc(C(=O)NC(CN2CCOCC2)c2ccccc2)c1. The van der Waals surface area contributed by atoms with Gasteiger partial charge in [0.25, 0.3) is 5.91 Å². The number of carbonyl (C=O) groups is 1. The van der Waals surface area contributed by atoms with Gasteiger partial charge in [-0.1, -0.05) is 48.0 Å². The Morgan fingerprint density at radius 3 is 2.58 bits per heavy atom. The lowest BCUT2D eigenvalue weighted by Crippen LogP contribution is -2.43. The number of amides is 1. The highest BCUT2D eigenvalue weighted by Crippen LogP contribution is 2.16. The lowest BCUT2D eigenvalue weighted by molar-refractivity contribution is 0.0332. The van der Waals surface area contributed by atoms with Crippen LogP contribution in [0.5, 0.6) is 0 Å². The summed E-state index contributed by atoms with van der Waals surface area (Å²) in [5.74, 6) is -0.0270. The predicted octanol–water partition coefficient (Wildman–Crippen LogP) is 2.80. The van der Waals surface area contributed by atoms with Crippen molar-refractivity contribution in [3.05, 3.63) is 71.3 Å². The van der Waals surface area contributed by atoms with Crippen LogP contribution in [-0.4, -0.2) is 43.7 Å². The van der Waals surface area contributed by atoms with Gasteiger partial charge in [0.15, 0.2) is 0 Å². The van der Waals surface area contributed by atoms with Gasteiger partial charge in [-0.2, -0.15) is 0 Å². The highest BCUT2D eigenvalue weighted by molar-refractivity contribution is 5.94. The van der Waals surface area contributed by atoms with Crippen LogP contribution in [0.4, 0.5) is 0 Å². The molecule has 0 bridgehead atoms. The molecule has 0 radical (unpaired) electrons. The van der Waals surface area contributed by atoms with Crippen LogP contribution < -0.4 is 5.32 Å². The molecule has 1 amide bonds. The van der Waals surface area contributed by atoms with Crippen LogP contribution in [0.2, 0.25) is 0 Å². The van der Waals surface area contributed by atoms with Gasteiger partial charge in [0.2, 0.25) is 0 Å². The van der Waals surface area contributed by atoms with Crippen molar-refractivity contribution >= 4 is 5.91 Å². The molecule has 3 rings (SSSR count). The number of nitrogens with one attached hydrogen (secondary N) is 1. The second-order valence-electron chi connectivity index (χ2n) is 6.22. The second-order valence-corrected chi connectivity index (χ2v) is 6.22.